The Morgan fingerprint density at radius 2 is 2.00 bits per heavy atom. The van der Waals surface area contributed by atoms with Crippen molar-refractivity contribution in [1.29, 1.82) is 0 Å². The van der Waals surface area contributed by atoms with Gasteiger partial charge in [-0.2, -0.15) is 13.2 Å². The summed E-state index contributed by atoms with van der Waals surface area (Å²) >= 11 is 6.11. The highest BCUT2D eigenvalue weighted by Crippen LogP contribution is 2.50. The van der Waals surface area contributed by atoms with Crippen molar-refractivity contribution in [2.45, 2.75) is 25.1 Å². The van der Waals surface area contributed by atoms with Gasteiger partial charge in [0.2, 0.25) is 5.91 Å². The summed E-state index contributed by atoms with van der Waals surface area (Å²) in [4.78, 5) is 13.4. The van der Waals surface area contributed by atoms with Gasteiger partial charge in [-0.15, -0.1) is 0 Å². The maximum absolute atomic E-state index is 12.8. The van der Waals surface area contributed by atoms with Crippen LogP contribution in [0, 0.1) is 5.92 Å². The molecule has 0 aliphatic heterocycles. The molecule has 1 aromatic heterocycles. The smallest absolute Gasteiger partial charge is 0.406 e. The molecule has 0 saturated heterocycles. The lowest BCUT2D eigenvalue weighted by molar-refractivity contribution is -0.163. The Morgan fingerprint density at radius 1 is 1.25 bits per heavy atom. The number of furan rings is 1. The van der Waals surface area contributed by atoms with Crippen LogP contribution in [0.5, 0.6) is 0 Å². The lowest BCUT2D eigenvalue weighted by Gasteiger charge is -2.23. The maximum Gasteiger partial charge on any atom is 0.406 e. The van der Waals surface area contributed by atoms with Crippen LogP contribution in [0.2, 0.25) is 5.02 Å². The van der Waals surface area contributed by atoms with Gasteiger partial charge in [-0.25, -0.2) is 0 Å². The highest BCUT2D eigenvalue weighted by Gasteiger charge is 2.48. The van der Waals surface area contributed by atoms with Crippen molar-refractivity contribution in [1.82, 2.24) is 4.90 Å². The predicted octanol–water partition coefficient (Wildman–Crippen LogP) is 4.63. The van der Waals surface area contributed by atoms with Gasteiger partial charge in [0.15, 0.2) is 0 Å². The molecule has 1 aliphatic carbocycles. The van der Waals surface area contributed by atoms with E-state index in [0.29, 0.717) is 17.2 Å². The van der Waals surface area contributed by atoms with Crippen molar-refractivity contribution in [2.75, 3.05) is 6.54 Å². The average molecular weight is 358 g/mol. The van der Waals surface area contributed by atoms with Crippen LogP contribution in [0.3, 0.4) is 0 Å². The number of alkyl halides is 3. The quantitative estimate of drug-likeness (QED) is 0.781. The number of carbonyl (C=O) groups is 1. The molecule has 1 amide bonds. The van der Waals surface area contributed by atoms with Crippen molar-refractivity contribution in [3.8, 4) is 0 Å². The molecule has 2 atom stereocenters. The molecule has 0 bridgehead atoms. The zero-order chi connectivity index (χ0) is 17.3. The highest BCUT2D eigenvalue weighted by atomic mass is 35.5. The number of hydrogen-bond acceptors (Lipinski definition) is 2. The predicted molar refractivity (Wildman–Crippen MR) is 82.5 cm³/mol. The molecule has 0 radical (unpaired) electrons. The summed E-state index contributed by atoms with van der Waals surface area (Å²) in [5.74, 6) is -0.795. The lowest BCUT2D eigenvalue weighted by atomic mass is 10.1. The van der Waals surface area contributed by atoms with Gasteiger partial charge in [-0.3, -0.25) is 4.79 Å². The van der Waals surface area contributed by atoms with Crippen LogP contribution in [0.1, 0.15) is 23.7 Å². The normalized spacial score (nSPS) is 20.0. The number of amides is 1. The second kappa shape index (κ2) is 6.51. The van der Waals surface area contributed by atoms with Crippen molar-refractivity contribution in [3.05, 3.63) is 59.0 Å². The molecular formula is C17H15ClF3NO2. The number of rotatable bonds is 5. The van der Waals surface area contributed by atoms with Crippen LogP contribution in [0.15, 0.2) is 47.1 Å². The first-order valence-electron chi connectivity index (χ1n) is 7.47. The van der Waals surface area contributed by atoms with Gasteiger partial charge in [0.25, 0.3) is 0 Å². The molecule has 1 heterocycles. The minimum Gasteiger partial charge on any atom is -0.467 e. The second-order valence-electron chi connectivity index (χ2n) is 5.86. The molecule has 1 fully saturated rings. The molecule has 0 spiro atoms. The molecule has 7 heteroatoms. The fourth-order valence-electron chi connectivity index (χ4n) is 2.84. The molecule has 2 unspecified atom stereocenters. The van der Waals surface area contributed by atoms with Gasteiger partial charge >= 0.3 is 6.18 Å². The Labute approximate surface area is 142 Å². The summed E-state index contributed by atoms with van der Waals surface area (Å²) in [7, 11) is 0. The molecule has 1 aliphatic rings. The average Bonchev–Trinajstić information content (AvgIpc) is 3.13. The molecule has 24 heavy (non-hydrogen) atoms. The zero-order valence-electron chi connectivity index (χ0n) is 12.6. The van der Waals surface area contributed by atoms with E-state index < -0.39 is 24.5 Å². The SMILES string of the molecule is O=C(C1CC1c1ccccc1Cl)N(Cc1ccco1)CC(F)(F)F. The van der Waals surface area contributed by atoms with Crippen molar-refractivity contribution in [2.24, 2.45) is 5.92 Å². The zero-order valence-corrected chi connectivity index (χ0v) is 13.3. The molecular weight excluding hydrogens is 343 g/mol. The van der Waals surface area contributed by atoms with Gasteiger partial charge in [-0.1, -0.05) is 29.8 Å². The Bertz CT molecular complexity index is 715. The summed E-state index contributed by atoms with van der Waals surface area (Å²) in [5, 5.41) is 0.534. The van der Waals surface area contributed by atoms with Crippen LogP contribution in [0.4, 0.5) is 13.2 Å². The van der Waals surface area contributed by atoms with E-state index in [1.54, 1.807) is 36.4 Å². The Kier molecular flexibility index (Phi) is 4.58. The molecule has 128 valence electrons. The Balaban J connectivity index is 1.73. The minimum absolute atomic E-state index is 0.126. The van der Waals surface area contributed by atoms with E-state index in [2.05, 4.69) is 0 Å². The number of carbonyl (C=O) groups excluding carboxylic acids is 1. The van der Waals surface area contributed by atoms with E-state index >= 15 is 0 Å². The Hall–Kier alpha value is -1.95. The molecule has 2 aromatic rings. The van der Waals surface area contributed by atoms with Gasteiger partial charge in [0, 0.05) is 10.9 Å². The molecule has 1 aromatic carbocycles. The first kappa shape index (κ1) is 16.9. The number of benzene rings is 1. The molecule has 0 N–H and O–H groups in total. The number of halogens is 4. The summed E-state index contributed by atoms with van der Waals surface area (Å²) in [6.45, 7) is -1.49. The second-order valence-corrected chi connectivity index (χ2v) is 6.27. The number of hydrogen-bond donors (Lipinski definition) is 0. The maximum atomic E-state index is 12.8. The van der Waals surface area contributed by atoms with Crippen LogP contribution in [-0.2, 0) is 11.3 Å². The third-order valence-electron chi connectivity index (χ3n) is 4.02. The lowest BCUT2D eigenvalue weighted by Crippen LogP contribution is -2.39. The van der Waals surface area contributed by atoms with Crippen LogP contribution in [-0.4, -0.2) is 23.5 Å². The summed E-state index contributed by atoms with van der Waals surface area (Å²) in [6, 6.07) is 10.2. The van der Waals surface area contributed by atoms with Crippen molar-refractivity contribution in [3.63, 3.8) is 0 Å². The van der Waals surface area contributed by atoms with Gasteiger partial charge in [0.1, 0.15) is 12.3 Å². The third kappa shape index (κ3) is 3.93. The van der Waals surface area contributed by atoms with E-state index in [9.17, 15) is 18.0 Å². The fourth-order valence-corrected chi connectivity index (χ4v) is 3.12. The standard InChI is InChI=1S/C17H15ClF3NO2/c18-15-6-2-1-5-12(15)13-8-14(13)16(23)22(10-17(19,20)21)9-11-4-3-7-24-11/h1-7,13-14H,8-10H2. The first-order valence-corrected chi connectivity index (χ1v) is 7.85. The van der Waals surface area contributed by atoms with Gasteiger partial charge in [0.05, 0.1) is 12.8 Å². The van der Waals surface area contributed by atoms with Crippen molar-refractivity contribution < 1.29 is 22.4 Å². The first-order chi connectivity index (χ1) is 11.3. The van der Waals surface area contributed by atoms with Crippen LogP contribution >= 0.6 is 11.6 Å². The monoisotopic (exact) mass is 357 g/mol. The summed E-state index contributed by atoms with van der Waals surface area (Å²) < 4.78 is 43.5. The molecule has 1 saturated carbocycles. The largest absolute Gasteiger partial charge is 0.467 e. The van der Waals surface area contributed by atoms with Crippen molar-refractivity contribution >= 4 is 17.5 Å². The van der Waals surface area contributed by atoms with Crippen LogP contribution in [0.25, 0.3) is 0 Å². The van der Waals surface area contributed by atoms with E-state index in [1.807, 2.05) is 0 Å². The topological polar surface area (TPSA) is 33.5 Å². The van der Waals surface area contributed by atoms with Gasteiger partial charge < -0.3 is 9.32 Å². The van der Waals surface area contributed by atoms with E-state index in [0.717, 1.165) is 10.5 Å². The van der Waals surface area contributed by atoms with Crippen LogP contribution < -0.4 is 0 Å². The van der Waals surface area contributed by atoms with Gasteiger partial charge in [-0.05, 0) is 36.1 Å². The molecule has 3 nitrogen and oxygen atoms in total. The summed E-state index contributed by atoms with van der Waals surface area (Å²) in [6.07, 6.45) is -2.58. The Morgan fingerprint density at radius 3 is 2.62 bits per heavy atom. The van der Waals surface area contributed by atoms with E-state index in [-0.39, 0.29) is 12.5 Å². The summed E-state index contributed by atoms with van der Waals surface area (Å²) in [5.41, 5.74) is 0.808. The molecule has 3 rings (SSSR count). The van der Waals surface area contributed by atoms with E-state index in [4.69, 9.17) is 16.0 Å². The van der Waals surface area contributed by atoms with E-state index in [1.165, 1.54) is 6.26 Å². The highest BCUT2D eigenvalue weighted by molar-refractivity contribution is 6.31. The fraction of sp³-hybridized carbons (Fsp3) is 0.353. The third-order valence-corrected chi connectivity index (χ3v) is 4.37. The number of nitrogens with zero attached hydrogens (tertiary/aromatic N) is 1. The minimum atomic E-state index is -4.46.